The van der Waals surface area contributed by atoms with Gasteiger partial charge in [-0.2, -0.15) is 0 Å². The van der Waals surface area contributed by atoms with E-state index in [0.29, 0.717) is 5.92 Å². The van der Waals surface area contributed by atoms with Crippen LogP contribution in [-0.4, -0.2) is 6.54 Å². The first-order valence-electron chi connectivity index (χ1n) is 7.91. The molecule has 1 nitrogen and oxygen atoms in total. The first kappa shape index (κ1) is 15.8. The Morgan fingerprint density at radius 2 is 1.95 bits per heavy atom. The molecule has 0 aliphatic heterocycles. The second-order valence-electron chi connectivity index (χ2n) is 5.83. The van der Waals surface area contributed by atoms with Gasteiger partial charge in [-0.15, -0.1) is 0 Å². The van der Waals surface area contributed by atoms with Crippen molar-refractivity contribution < 1.29 is 4.39 Å². The van der Waals surface area contributed by atoms with E-state index in [1.54, 1.807) is 6.07 Å². The molecule has 0 amide bonds. The Morgan fingerprint density at radius 1 is 1.25 bits per heavy atom. The molecule has 0 heterocycles. The molecule has 0 bridgehead atoms. The van der Waals surface area contributed by atoms with E-state index in [0.717, 1.165) is 18.5 Å². The van der Waals surface area contributed by atoms with Crippen molar-refractivity contribution in [2.75, 3.05) is 6.54 Å². The molecule has 1 atom stereocenters. The molecule has 1 aromatic carbocycles. The number of hydrogen-bond acceptors (Lipinski definition) is 1. The van der Waals surface area contributed by atoms with Crippen molar-refractivity contribution in [1.29, 1.82) is 0 Å². The number of halogens is 2. The zero-order valence-electron chi connectivity index (χ0n) is 12.3. The van der Waals surface area contributed by atoms with Gasteiger partial charge in [0, 0.05) is 11.6 Å². The molecular weight excluding hydrogens is 273 g/mol. The highest BCUT2D eigenvalue weighted by Crippen LogP contribution is 2.35. The summed E-state index contributed by atoms with van der Waals surface area (Å²) in [6.45, 7) is 3.07. The average Bonchev–Trinajstić information content (AvgIpc) is 2.73. The van der Waals surface area contributed by atoms with Gasteiger partial charge in [-0.3, -0.25) is 0 Å². The summed E-state index contributed by atoms with van der Waals surface area (Å²) in [5.74, 6) is 0.282. The lowest BCUT2D eigenvalue weighted by molar-refractivity contribution is 0.318. The largest absolute Gasteiger partial charge is 0.310 e. The molecule has 1 N–H and O–H groups in total. The first-order valence-corrected chi connectivity index (χ1v) is 8.29. The molecule has 1 aliphatic rings. The molecule has 3 heteroatoms. The van der Waals surface area contributed by atoms with Crippen molar-refractivity contribution in [1.82, 2.24) is 5.32 Å². The van der Waals surface area contributed by atoms with E-state index in [9.17, 15) is 4.39 Å². The Hall–Kier alpha value is -0.600. The van der Waals surface area contributed by atoms with Crippen LogP contribution in [0.5, 0.6) is 0 Å². The van der Waals surface area contributed by atoms with Crippen LogP contribution in [0.2, 0.25) is 5.02 Å². The molecule has 0 aromatic heterocycles. The summed E-state index contributed by atoms with van der Waals surface area (Å²) in [6.07, 6.45) is 8.59. The molecule has 112 valence electrons. The second kappa shape index (κ2) is 7.99. The van der Waals surface area contributed by atoms with Gasteiger partial charge in [0.1, 0.15) is 5.82 Å². The molecule has 1 aliphatic carbocycles. The maximum absolute atomic E-state index is 14.4. The van der Waals surface area contributed by atoms with E-state index in [4.69, 9.17) is 11.6 Å². The van der Waals surface area contributed by atoms with Crippen LogP contribution in [-0.2, 0) is 0 Å². The third-order valence-electron chi connectivity index (χ3n) is 4.30. The molecule has 1 saturated carbocycles. The fourth-order valence-corrected chi connectivity index (χ4v) is 3.42. The van der Waals surface area contributed by atoms with E-state index >= 15 is 0 Å². The van der Waals surface area contributed by atoms with Gasteiger partial charge in [-0.1, -0.05) is 56.3 Å². The molecule has 20 heavy (non-hydrogen) atoms. The molecule has 1 aromatic rings. The van der Waals surface area contributed by atoms with Crippen molar-refractivity contribution in [3.05, 3.63) is 34.6 Å². The number of nitrogens with one attached hydrogen (secondary N) is 1. The zero-order valence-corrected chi connectivity index (χ0v) is 13.1. The van der Waals surface area contributed by atoms with Crippen LogP contribution in [0.25, 0.3) is 0 Å². The van der Waals surface area contributed by atoms with Crippen LogP contribution >= 0.6 is 11.6 Å². The van der Waals surface area contributed by atoms with Crippen LogP contribution in [0, 0.1) is 11.7 Å². The minimum atomic E-state index is -0.244. The van der Waals surface area contributed by atoms with E-state index in [-0.39, 0.29) is 16.9 Å². The highest BCUT2D eigenvalue weighted by Gasteiger charge is 2.26. The van der Waals surface area contributed by atoms with Crippen LogP contribution in [0.3, 0.4) is 0 Å². The summed E-state index contributed by atoms with van der Waals surface area (Å²) >= 11 is 5.96. The molecule has 2 rings (SSSR count). The maximum atomic E-state index is 14.4. The zero-order chi connectivity index (χ0) is 14.4. The van der Waals surface area contributed by atoms with Crippen molar-refractivity contribution in [2.24, 2.45) is 5.92 Å². The number of benzene rings is 1. The quantitative estimate of drug-likeness (QED) is 0.709. The van der Waals surface area contributed by atoms with Crippen LogP contribution in [0.4, 0.5) is 4.39 Å². The summed E-state index contributed by atoms with van der Waals surface area (Å²) < 4.78 is 14.4. The van der Waals surface area contributed by atoms with Gasteiger partial charge in [0.15, 0.2) is 0 Å². The third-order valence-corrected chi connectivity index (χ3v) is 4.59. The number of hydrogen-bond donors (Lipinski definition) is 1. The Labute approximate surface area is 126 Å². The minimum absolute atomic E-state index is 0.103. The van der Waals surface area contributed by atoms with E-state index in [2.05, 4.69) is 12.2 Å². The summed E-state index contributed by atoms with van der Waals surface area (Å²) in [5, 5.41) is 3.79. The predicted octanol–water partition coefficient (Wildman–Crippen LogP) is 5.49. The van der Waals surface area contributed by atoms with Crippen LogP contribution in [0.1, 0.15) is 63.5 Å². The van der Waals surface area contributed by atoms with Crippen molar-refractivity contribution >= 4 is 11.6 Å². The standard InChI is InChI=1S/C17H25ClFN/c1-2-12-20-17(13-8-5-3-4-6-9-13)14-10-7-11-15(18)16(14)19/h7,10-11,13,17,20H,2-6,8-9,12H2,1H3. The maximum Gasteiger partial charge on any atom is 0.146 e. The second-order valence-corrected chi connectivity index (χ2v) is 6.23. The minimum Gasteiger partial charge on any atom is -0.310 e. The van der Waals surface area contributed by atoms with E-state index in [1.165, 1.54) is 38.5 Å². The first-order chi connectivity index (χ1) is 9.74. The summed E-state index contributed by atoms with van der Waals surface area (Å²) in [7, 11) is 0. The Kier molecular flexibility index (Phi) is 6.31. The molecule has 1 fully saturated rings. The lowest BCUT2D eigenvalue weighted by Gasteiger charge is -2.28. The van der Waals surface area contributed by atoms with Gasteiger partial charge in [0.2, 0.25) is 0 Å². The number of rotatable bonds is 5. The topological polar surface area (TPSA) is 12.0 Å². The molecule has 1 unspecified atom stereocenters. The van der Waals surface area contributed by atoms with E-state index in [1.807, 2.05) is 12.1 Å². The van der Waals surface area contributed by atoms with Crippen molar-refractivity contribution in [3.63, 3.8) is 0 Å². The lowest BCUT2D eigenvalue weighted by atomic mass is 9.87. The van der Waals surface area contributed by atoms with Gasteiger partial charge >= 0.3 is 0 Å². The van der Waals surface area contributed by atoms with Gasteiger partial charge in [-0.05, 0) is 37.8 Å². The average molecular weight is 298 g/mol. The van der Waals surface area contributed by atoms with E-state index < -0.39 is 0 Å². The Morgan fingerprint density at radius 3 is 2.60 bits per heavy atom. The smallest absolute Gasteiger partial charge is 0.146 e. The Balaban J connectivity index is 2.23. The molecular formula is C17H25ClFN. The highest BCUT2D eigenvalue weighted by atomic mass is 35.5. The highest BCUT2D eigenvalue weighted by molar-refractivity contribution is 6.30. The molecule has 0 saturated heterocycles. The summed E-state index contributed by atoms with van der Waals surface area (Å²) in [4.78, 5) is 0. The van der Waals surface area contributed by atoms with Crippen molar-refractivity contribution in [3.8, 4) is 0 Å². The van der Waals surface area contributed by atoms with Gasteiger partial charge in [0.05, 0.1) is 5.02 Å². The summed E-state index contributed by atoms with van der Waals surface area (Å²) in [5.41, 5.74) is 0.748. The van der Waals surface area contributed by atoms with Crippen LogP contribution in [0.15, 0.2) is 18.2 Å². The molecule has 0 radical (unpaired) electrons. The van der Waals surface area contributed by atoms with Gasteiger partial charge in [0.25, 0.3) is 0 Å². The monoisotopic (exact) mass is 297 g/mol. The fourth-order valence-electron chi connectivity index (χ4n) is 3.24. The van der Waals surface area contributed by atoms with Crippen molar-refractivity contribution in [2.45, 2.75) is 57.9 Å². The normalized spacial score (nSPS) is 18.8. The third kappa shape index (κ3) is 3.95. The SMILES string of the molecule is CCCNC(c1cccc(Cl)c1F)C1CCCCCC1. The van der Waals surface area contributed by atoms with Crippen LogP contribution < -0.4 is 5.32 Å². The predicted molar refractivity (Wildman–Crippen MR) is 83.6 cm³/mol. The fraction of sp³-hybridized carbons (Fsp3) is 0.647. The van der Waals surface area contributed by atoms with Gasteiger partial charge < -0.3 is 5.32 Å². The van der Waals surface area contributed by atoms with Gasteiger partial charge in [-0.25, -0.2) is 4.39 Å². The lowest BCUT2D eigenvalue weighted by Crippen LogP contribution is -2.29. The molecule has 0 spiro atoms. The summed E-state index contributed by atoms with van der Waals surface area (Å²) in [6, 6.07) is 5.48. The Bertz CT molecular complexity index is 413.